The van der Waals surface area contributed by atoms with E-state index in [0.717, 1.165) is 28.8 Å². The Labute approximate surface area is 141 Å². The molecule has 1 aromatic carbocycles. The van der Waals surface area contributed by atoms with Crippen molar-refractivity contribution in [2.75, 3.05) is 11.9 Å². The minimum atomic E-state index is 0.867. The Bertz CT molecular complexity index is 782. The SMILES string of the molecule is CCNc1ccccc1CSc1nccn1-c1ncccc1C. The van der Waals surface area contributed by atoms with E-state index in [1.54, 1.807) is 11.8 Å². The lowest BCUT2D eigenvalue weighted by atomic mass is 10.2. The van der Waals surface area contributed by atoms with E-state index in [-0.39, 0.29) is 0 Å². The zero-order valence-electron chi connectivity index (χ0n) is 13.4. The van der Waals surface area contributed by atoms with E-state index in [1.165, 1.54) is 11.3 Å². The molecule has 0 aliphatic rings. The Kier molecular flexibility index (Phi) is 4.98. The van der Waals surface area contributed by atoms with Crippen LogP contribution in [-0.4, -0.2) is 21.1 Å². The Morgan fingerprint density at radius 1 is 1.09 bits per heavy atom. The standard InChI is InChI=1S/C18H20N4S/c1-3-19-16-9-5-4-8-15(16)13-23-18-21-11-12-22(18)17-14(2)7-6-10-20-17/h4-12,19H,3,13H2,1-2H3. The summed E-state index contributed by atoms with van der Waals surface area (Å²) >= 11 is 1.72. The van der Waals surface area contributed by atoms with Gasteiger partial charge in [-0.3, -0.25) is 4.57 Å². The van der Waals surface area contributed by atoms with Crippen LogP contribution in [0.1, 0.15) is 18.1 Å². The average Bonchev–Trinajstić information content (AvgIpc) is 3.03. The van der Waals surface area contributed by atoms with E-state index in [1.807, 2.05) is 24.7 Å². The van der Waals surface area contributed by atoms with Gasteiger partial charge in [0.1, 0.15) is 5.82 Å². The summed E-state index contributed by atoms with van der Waals surface area (Å²) < 4.78 is 2.05. The Balaban J connectivity index is 1.81. The number of thioether (sulfide) groups is 1. The quantitative estimate of drug-likeness (QED) is 0.687. The first kappa shape index (κ1) is 15.6. The minimum absolute atomic E-state index is 0.867. The van der Waals surface area contributed by atoms with Gasteiger partial charge in [-0.1, -0.05) is 36.0 Å². The van der Waals surface area contributed by atoms with Crippen LogP contribution < -0.4 is 5.32 Å². The van der Waals surface area contributed by atoms with Gasteiger partial charge in [0.25, 0.3) is 0 Å². The maximum Gasteiger partial charge on any atom is 0.174 e. The lowest BCUT2D eigenvalue weighted by molar-refractivity contribution is 0.854. The number of rotatable bonds is 6. The van der Waals surface area contributed by atoms with Crippen LogP contribution in [-0.2, 0) is 5.75 Å². The number of hydrogen-bond acceptors (Lipinski definition) is 4. The van der Waals surface area contributed by atoms with Gasteiger partial charge < -0.3 is 5.32 Å². The minimum Gasteiger partial charge on any atom is -0.385 e. The largest absolute Gasteiger partial charge is 0.385 e. The third kappa shape index (κ3) is 3.56. The van der Waals surface area contributed by atoms with Crippen LogP contribution in [0.15, 0.2) is 60.1 Å². The van der Waals surface area contributed by atoms with Gasteiger partial charge in [-0.05, 0) is 37.1 Å². The number of imidazole rings is 1. The monoisotopic (exact) mass is 324 g/mol. The highest BCUT2D eigenvalue weighted by Crippen LogP contribution is 2.27. The second kappa shape index (κ2) is 7.33. The molecule has 3 rings (SSSR count). The van der Waals surface area contributed by atoms with Gasteiger partial charge >= 0.3 is 0 Å². The third-order valence-corrected chi connectivity index (χ3v) is 4.57. The van der Waals surface area contributed by atoms with Crippen molar-refractivity contribution in [3.8, 4) is 5.82 Å². The van der Waals surface area contributed by atoms with Crippen LogP contribution in [0.4, 0.5) is 5.69 Å². The number of pyridine rings is 1. The lowest BCUT2D eigenvalue weighted by Crippen LogP contribution is -2.02. The molecule has 0 spiro atoms. The maximum absolute atomic E-state index is 4.49. The first-order valence-corrected chi connectivity index (χ1v) is 8.68. The molecule has 0 radical (unpaired) electrons. The summed E-state index contributed by atoms with van der Waals surface area (Å²) in [5, 5.41) is 4.37. The number of benzene rings is 1. The summed E-state index contributed by atoms with van der Waals surface area (Å²) in [6, 6.07) is 12.4. The van der Waals surface area contributed by atoms with Gasteiger partial charge in [0.2, 0.25) is 0 Å². The van der Waals surface area contributed by atoms with Gasteiger partial charge in [0, 0.05) is 36.6 Å². The third-order valence-electron chi connectivity index (χ3n) is 3.56. The zero-order chi connectivity index (χ0) is 16.1. The molecule has 3 aromatic rings. The first-order chi connectivity index (χ1) is 11.3. The summed E-state index contributed by atoms with van der Waals surface area (Å²) in [6.45, 7) is 5.10. The Hall–Kier alpha value is -2.27. The van der Waals surface area contributed by atoms with Crippen LogP contribution in [0.2, 0.25) is 0 Å². The van der Waals surface area contributed by atoms with E-state index in [0.29, 0.717) is 0 Å². The summed E-state index contributed by atoms with van der Waals surface area (Å²) in [5.74, 6) is 1.80. The zero-order valence-corrected chi connectivity index (χ0v) is 14.2. The fourth-order valence-electron chi connectivity index (χ4n) is 2.44. The number of aromatic nitrogens is 3. The van der Waals surface area contributed by atoms with Crippen molar-refractivity contribution >= 4 is 17.4 Å². The topological polar surface area (TPSA) is 42.7 Å². The molecular formula is C18H20N4S. The van der Waals surface area contributed by atoms with Crippen molar-refractivity contribution in [2.45, 2.75) is 24.8 Å². The molecule has 118 valence electrons. The lowest BCUT2D eigenvalue weighted by Gasteiger charge is -2.11. The molecule has 4 nitrogen and oxygen atoms in total. The van der Waals surface area contributed by atoms with E-state index in [4.69, 9.17) is 0 Å². The molecule has 2 heterocycles. The average molecular weight is 324 g/mol. The molecule has 0 atom stereocenters. The van der Waals surface area contributed by atoms with Gasteiger partial charge in [0.15, 0.2) is 5.16 Å². The van der Waals surface area contributed by atoms with E-state index in [2.05, 4.69) is 64.0 Å². The summed E-state index contributed by atoms with van der Waals surface area (Å²) in [5.41, 5.74) is 3.61. The number of aryl methyl sites for hydroxylation is 1. The molecule has 0 fully saturated rings. The van der Waals surface area contributed by atoms with E-state index < -0.39 is 0 Å². The number of nitrogens with zero attached hydrogens (tertiary/aromatic N) is 3. The van der Waals surface area contributed by atoms with Crippen LogP contribution in [0.25, 0.3) is 5.82 Å². The van der Waals surface area contributed by atoms with E-state index in [9.17, 15) is 0 Å². The number of hydrogen-bond donors (Lipinski definition) is 1. The van der Waals surface area contributed by atoms with Gasteiger partial charge in [-0.2, -0.15) is 0 Å². The van der Waals surface area contributed by atoms with Crippen LogP contribution >= 0.6 is 11.8 Å². The molecule has 0 unspecified atom stereocenters. The fraction of sp³-hybridized carbons (Fsp3) is 0.222. The predicted octanol–water partition coefficient (Wildman–Crippen LogP) is 4.30. The molecule has 0 aliphatic heterocycles. The second-order valence-corrected chi connectivity index (χ2v) is 6.14. The van der Waals surface area contributed by atoms with Crippen molar-refractivity contribution in [1.29, 1.82) is 0 Å². The smallest absolute Gasteiger partial charge is 0.174 e. The normalized spacial score (nSPS) is 10.7. The summed E-state index contributed by atoms with van der Waals surface area (Å²) in [6.07, 6.45) is 5.61. The Morgan fingerprint density at radius 3 is 2.78 bits per heavy atom. The molecule has 23 heavy (non-hydrogen) atoms. The van der Waals surface area contributed by atoms with E-state index >= 15 is 0 Å². The molecule has 5 heteroatoms. The summed E-state index contributed by atoms with van der Waals surface area (Å²) in [4.78, 5) is 8.97. The van der Waals surface area contributed by atoms with Crippen molar-refractivity contribution < 1.29 is 0 Å². The predicted molar refractivity (Wildman–Crippen MR) is 96.3 cm³/mol. The molecule has 0 aliphatic carbocycles. The van der Waals surface area contributed by atoms with Crippen molar-refractivity contribution in [3.63, 3.8) is 0 Å². The molecule has 0 bridgehead atoms. The highest BCUT2D eigenvalue weighted by molar-refractivity contribution is 7.98. The van der Waals surface area contributed by atoms with Gasteiger partial charge in [0.05, 0.1) is 0 Å². The molecule has 2 aromatic heterocycles. The van der Waals surface area contributed by atoms with Crippen molar-refractivity contribution in [3.05, 3.63) is 66.1 Å². The molecule has 0 saturated carbocycles. The van der Waals surface area contributed by atoms with Crippen LogP contribution in [0.3, 0.4) is 0 Å². The van der Waals surface area contributed by atoms with Gasteiger partial charge in [-0.25, -0.2) is 9.97 Å². The highest BCUT2D eigenvalue weighted by atomic mass is 32.2. The molecule has 0 amide bonds. The first-order valence-electron chi connectivity index (χ1n) is 7.69. The van der Waals surface area contributed by atoms with Crippen molar-refractivity contribution in [1.82, 2.24) is 14.5 Å². The van der Waals surface area contributed by atoms with Crippen LogP contribution in [0.5, 0.6) is 0 Å². The number of anilines is 1. The number of nitrogens with one attached hydrogen (secondary N) is 1. The summed E-state index contributed by atoms with van der Waals surface area (Å²) in [7, 11) is 0. The molecule has 1 N–H and O–H groups in total. The number of para-hydroxylation sites is 1. The maximum atomic E-state index is 4.49. The Morgan fingerprint density at radius 2 is 1.96 bits per heavy atom. The highest BCUT2D eigenvalue weighted by Gasteiger charge is 2.10. The second-order valence-electron chi connectivity index (χ2n) is 5.20. The fourth-order valence-corrected chi connectivity index (χ4v) is 3.40. The molecular weight excluding hydrogens is 304 g/mol. The van der Waals surface area contributed by atoms with Gasteiger partial charge in [-0.15, -0.1) is 0 Å². The van der Waals surface area contributed by atoms with Crippen molar-refractivity contribution in [2.24, 2.45) is 0 Å². The van der Waals surface area contributed by atoms with Crippen LogP contribution in [0, 0.1) is 6.92 Å². The molecule has 0 saturated heterocycles.